The molecule has 2 heterocycles. The van der Waals surface area contributed by atoms with E-state index in [0.717, 1.165) is 4.90 Å². The van der Waals surface area contributed by atoms with E-state index in [-0.39, 0.29) is 5.02 Å². The van der Waals surface area contributed by atoms with Gasteiger partial charge in [-0.05, 0) is 48.0 Å². The van der Waals surface area contributed by atoms with Crippen LogP contribution in [0.1, 0.15) is 22.0 Å². The molecule has 7 nitrogen and oxygen atoms in total. The molecule has 2 aliphatic rings. The average molecular weight is 497 g/mol. The Morgan fingerprint density at radius 2 is 1.59 bits per heavy atom. The Morgan fingerprint density at radius 3 is 2.24 bits per heavy atom. The van der Waals surface area contributed by atoms with Gasteiger partial charge in [-0.3, -0.25) is 14.4 Å². The highest BCUT2D eigenvalue weighted by Crippen LogP contribution is 2.47. The summed E-state index contributed by atoms with van der Waals surface area (Å²) in [5.41, 5.74) is 2.11. The molecule has 2 fully saturated rings. The number of methoxy groups -OCH3 is 1. The second kappa shape index (κ2) is 8.76. The van der Waals surface area contributed by atoms with Crippen molar-refractivity contribution >= 4 is 52.4 Å². The first-order valence-electron chi connectivity index (χ1n) is 10.4. The molecule has 172 valence electrons. The van der Waals surface area contributed by atoms with Gasteiger partial charge in [-0.25, -0.2) is 14.8 Å². The first-order chi connectivity index (χ1) is 16.4. The van der Waals surface area contributed by atoms with Gasteiger partial charge in [-0.2, -0.15) is 0 Å². The lowest BCUT2D eigenvalue weighted by molar-refractivity contribution is -0.126. The molecule has 0 aromatic heterocycles. The van der Waals surface area contributed by atoms with Gasteiger partial charge in [0, 0.05) is 0 Å². The molecular formula is C25H18Cl2N2O5. The second-order valence-electron chi connectivity index (χ2n) is 7.88. The van der Waals surface area contributed by atoms with Gasteiger partial charge < -0.3 is 4.74 Å². The molecule has 0 saturated carbocycles. The molecule has 0 unspecified atom stereocenters. The average Bonchev–Trinajstić information content (AvgIpc) is 3.37. The summed E-state index contributed by atoms with van der Waals surface area (Å²) in [6.45, 7) is 0. The van der Waals surface area contributed by atoms with Gasteiger partial charge in [-0.1, -0.05) is 53.5 Å². The van der Waals surface area contributed by atoms with E-state index in [1.54, 1.807) is 35.4 Å². The molecule has 34 heavy (non-hydrogen) atoms. The number of hydrogen-bond donors (Lipinski definition) is 0. The van der Waals surface area contributed by atoms with E-state index < -0.39 is 35.8 Å². The molecule has 2 saturated heterocycles. The highest BCUT2D eigenvalue weighted by Gasteiger charge is 2.60. The highest BCUT2D eigenvalue weighted by atomic mass is 35.5. The Bertz CT molecular complexity index is 1280. The summed E-state index contributed by atoms with van der Waals surface area (Å²) in [4.78, 5) is 46.0. The summed E-state index contributed by atoms with van der Waals surface area (Å²) >= 11 is 12.1. The molecule has 0 N–H and O–H groups in total. The van der Waals surface area contributed by atoms with Crippen LogP contribution < -0.4 is 9.96 Å². The Kier molecular flexibility index (Phi) is 5.77. The standard InChI is InChI=1S/C25H18Cl2N2O5/c1-33-25(32)15-9-7-14(8-10-15)21-20-22(34-29(21)16-5-3-2-4-6-16)24(31)28(23(20)30)17-11-12-18(26)19(27)13-17/h2-13,20-22H,1H3/t20-,21-,22+/m0/s1. The molecule has 9 heteroatoms. The smallest absolute Gasteiger partial charge is 0.337 e. The molecule has 3 aromatic carbocycles. The number of esters is 1. The molecule has 2 amide bonds. The van der Waals surface area contributed by atoms with E-state index in [0.29, 0.717) is 27.5 Å². The van der Waals surface area contributed by atoms with E-state index in [1.165, 1.54) is 19.2 Å². The molecule has 5 rings (SSSR count). The van der Waals surface area contributed by atoms with Gasteiger partial charge in [0.25, 0.3) is 5.91 Å². The molecule has 3 atom stereocenters. The van der Waals surface area contributed by atoms with Gasteiger partial charge in [0.15, 0.2) is 6.10 Å². The molecular weight excluding hydrogens is 479 g/mol. The Hall–Kier alpha value is -3.39. The van der Waals surface area contributed by atoms with Crippen LogP contribution in [0.5, 0.6) is 0 Å². The predicted octanol–water partition coefficient (Wildman–Crippen LogP) is 4.83. The number of amides is 2. The number of para-hydroxylation sites is 1. The van der Waals surface area contributed by atoms with E-state index in [4.69, 9.17) is 32.8 Å². The zero-order chi connectivity index (χ0) is 24.0. The van der Waals surface area contributed by atoms with Crippen molar-refractivity contribution in [2.24, 2.45) is 5.92 Å². The number of carbonyl (C=O) groups excluding carboxylic acids is 3. The molecule has 2 aliphatic heterocycles. The fourth-order valence-electron chi connectivity index (χ4n) is 4.37. The van der Waals surface area contributed by atoms with Crippen LogP contribution in [0.2, 0.25) is 10.0 Å². The Labute approximate surface area is 205 Å². The summed E-state index contributed by atoms with van der Waals surface area (Å²) in [5.74, 6) is -2.17. The van der Waals surface area contributed by atoms with Crippen LogP contribution in [0.25, 0.3) is 0 Å². The minimum atomic E-state index is -1.02. The van der Waals surface area contributed by atoms with Crippen LogP contribution in [0.3, 0.4) is 0 Å². The number of halogens is 2. The van der Waals surface area contributed by atoms with Crippen LogP contribution in [-0.2, 0) is 19.2 Å². The van der Waals surface area contributed by atoms with Crippen LogP contribution in [0.15, 0.2) is 72.8 Å². The van der Waals surface area contributed by atoms with Crippen molar-refractivity contribution in [1.82, 2.24) is 0 Å². The number of fused-ring (bicyclic) bond motifs is 1. The zero-order valence-electron chi connectivity index (χ0n) is 17.9. The van der Waals surface area contributed by atoms with Crippen molar-refractivity contribution < 1.29 is 24.0 Å². The lowest BCUT2D eigenvalue weighted by Gasteiger charge is -2.29. The first-order valence-corrected chi connectivity index (χ1v) is 11.2. The monoisotopic (exact) mass is 496 g/mol. The quantitative estimate of drug-likeness (QED) is 0.380. The number of hydrogen-bond acceptors (Lipinski definition) is 6. The lowest BCUT2D eigenvalue weighted by Crippen LogP contribution is -2.37. The van der Waals surface area contributed by atoms with Crippen LogP contribution in [-0.4, -0.2) is 31.0 Å². The number of hydroxylamine groups is 1. The van der Waals surface area contributed by atoms with Crippen molar-refractivity contribution in [1.29, 1.82) is 0 Å². The lowest BCUT2D eigenvalue weighted by atomic mass is 9.90. The summed E-state index contributed by atoms with van der Waals surface area (Å²) in [6.07, 6.45) is -1.02. The molecule has 0 spiro atoms. The Morgan fingerprint density at radius 1 is 0.882 bits per heavy atom. The fraction of sp³-hybridized carbons (Fsp3) is 0.160. The largest absolute Gasteiger partial charge is 0.465 e. The molecule has 0 aliphatic carbocycles. The normalized spacial score (nSPS) is 21.7. The first kappa shape index (κ1) is 22.4. The minimum absolute atomic E-state index is 0.235. The molecule has 0 radical (unpaired) electrons. The van der Waals surface area contributed by atoms with E-state index >= 15 is 0 Å². The Balaban J connectivity index is 1.56. The third-order valence-corrected chi connectivity index (χ3v) is 6.70. The zero-order valence-corrected chi connectivity index (χ0v) is 19.4. The van der Waals surface area contributed by atoms with Crippen LogP contribution in [0.4, 0.5) is 11.4 Å². The van der Waals surface area contributed by atoms with Gasteiger partial charge in [0.1, 0.15) is 5.92 Å². The van der Waals surface area contributed by atoms with Crippen molar-refractivity contribution in [3.05, 3.63) is 94.0 Å². The van der Waals surface area contributed by atoms with Crippen LogP contribution in [0, 0.1) is 5.92 Å². The minimum Gasteiger partial charge on any atom is -0.465 e. The maximum atomic E-state index is 13.6. The van der Waals surface area contributed by atoms with E-state index in [2.05, 4.69) is 0 Å². The van der Waals surface area contributed by atoms with Gasteiger partial charge in [-0.15, -0.1) is 0 Å². The topological polar surface area (TPSA) is 76.2 Å². The van der Waals surface area contributed by atoms with Gasteiger partial charge in [0.05, 0.1) is 40.1 Å². The SMILES string of the molecule is COC(=O)c1ccc([C@H]2[C@@H]3C(=O)N(c4ccc(Cl)c(Cl)c4)C(=O)[C@@H]3ON2c2ccccc2)cc1. The maximum absolute atomic E-state index is 13.6. The summed E-state index contributed by atoms with van der Waals surface area (Å²) in [5, 5.41) is 2.14. The summed E-state index contributed by atoms with van der Waals surface area (Å²) in [6, 6.07) is 19.9. The highest BCUT2D eigenvalue weighted by molar-refractivity contribution is 6.42. The number of rotatable bonds is 4. The van der Waals surface area contributed by atoms with E-state index in [9.17, 15) is 14.4 Å². The van der Waals surface area contributed by atoms with Crippen molar-refractivity contribution in [2.45, 2.75) is 12.1 Å². The van der Waals surface area contributed by atoms with Crippen molar-refractivity contribution in [2.75, 3.05) is 17.1 Å². The fourth-order valence-corrected chi connectivity index (χ4v) is 4.66. The third-order valence-electron chi connectivity index (χ3n) is 5.96. The number of imide groups is 1. The third kappa shape index (κ3) is 3.62. The van der Waals surface area contributed by atoms with E-state index in [1.807, 2.05) is 30.3 Å². The number of carbonyl (C=O) groups is 3. The second-order valence-corrected chi connectivity index (χ2v) is 8.70. The number of ether oxygens (including phenoxy) is 1. The van der Waals surface area contributed by atoms with Gasteiger partial charge >= 0.3 is 5.97 Å². The van der Waals surface area contributed by atoms with Crippen molar-refractivity contribution in [3.8, 4) is 0 Å². The maximum Gasteiger partial charge on any atom is 0.337 e. The van der Waals surface area contributed by atoms with Crippen molar-refractivity contribution in [3.63, 3.8) is 0 Å². The molecule has 3 aromatic rings. The van der Waals surface area contributed by atoms with Crippen LogP contribution >= 0.6 is 23.2 Å². The molecule has 0 bridgehead atoms. The number of anilines is 2. The number of nitrogens with zero attached hydrogens (tertiary/aromatic N) is 2. The number of benzene rings is 3. The predicted molar refractivity (Wildman–Crippen MR) is 127 cm³/mol. The summed E-state index contributed by atoms with van der Waals surface area (Å²) in [7, 11) is 1.31. The summed E-state index contributed by atoms with van der Waals surface area (Å²) < 4.78 is 4.77. The van der Waals surface area contributed by atoms with Gasteiger partial charge in [0.2, 0.25) is 5.91 Å².